The highest BCUT2D eigenvalue weighted by atomic mass is 16.2. The van der Waals surface area contributed by atoms with Crippen molar-refractivity contribution in [3.05, 3.63) is 11.6 Å². The third kappa shape index (κ3) is 2.22. The second kappa shape index (κ2) is 3.87. The molecule has 1 saturated carbocycles. The Hall–Kier alpha value is -1.30. The maximum atomic E-state index is 12.1. The van der Waals surface area contributed by atoms with Crippen molar-refractivity contribution in [3.63, 3.8) is 0 Å². The summed E-state index contributed by atoms with van der Waals surface area (Å²) in [6.45, 7) is 7.30. The molecule has 17 heavy (non-hydrogen) atoms. The van der Waals surface area contributed by atoms with E-state index in [1.807, 2.05) is 25.7 Å². The minimum absolute atomic E-state index is 0.156. The van der Waals surface area contributed by atoms with Crippen LogP contribution in [0.5, 0.6) is 0 Å². The van der Waals surface area contributed by atoms with Crippen molar-refractivity contribution < 1.29 is 4.79 Å². The molecular formula is C14H20N2O. The van der Waals surface area contributed by atoms with Gasteiger partial charge in [-0.3, -0.25) is 4.79 Å². The fourth-order valence-electron chi connectivity index (χ4n) is 2.39. The van der Waals surface area contributed by atoms with Gasteiger partial charge >= 0.3 is 0 Å². The maximum Gasteiger partial charge on any atom is 0.228 e. The lowest BCUT2D eigenvalue weighted by atomic mass is 9.89. The Morgan fingerprint density at radius 1 is 1.47 bits per heavy atom. The van der Waals surface area contributed by atoms with Gasteiger partial charge in [0.2, 0.25) is 5.91 Å². The molecule has 0 radical (unpaired) electrons. The summed E-state index contributed by atoms with van der Waals surface area (Å²) in [7, 11) is 0. The minimum atomic E-state index is -0.308. The quantitative estimate of drug-likeness (QED) is 0.652. The summed E-state index contributed by atoms with van der Waals surface area (Å²) in [6.07, 6.45) is 4.98. The first-order valence-electron chi connectivity index (χ1n) is 6.29. The topological polar surface area (TPSA) is 44.1 Å². The summed E-state index contributed by atoms with van der Waals surface area (Å²) in [6, 6.07) is 2.42. The first-order chi connectivity index (χ1) is 7.89. The summed E-state index contributed by atoms with van der Waals surface area (Å²) >= 11 is 0. The van der Waals surface area contributed by atoms with Gasteiger partial charge in [-0.15, -0.1) is 0 Å². The van der Waals surface area contributed by atoms with Gasteiger partial charge in [0.05, 0.1) is 11.5 Å². The van der Waals surface area contributed by atoms with Gasteiger partial charge in [0.15, 0.2) is 0 Å². The molecule has 3 nitrogen and oxygen atoms in total. The molecule has 1 aliphatic heterocycles. The SMILES string of the molecule is CC(C)(C)C(=O)N1CC=C(C2(C#N)CC2)CC1. The van der Waals surface area contributed by atoms with Gasteiger partial charge < -0.3 is 4.90 Å². The van der Waals surface area contributed by atoms with Crippen LogP contribution in [0.1, 0.15) is 40.0 Å². The lowest BCUT2D eigenvalue weighted by Gasteiger charge is -2.32. The molecule has 3 heteroatoms. The van der Waals surface area contributed by atoms with Crippen molar-refractivity contribution in [3.8, 4) is 6.07 Å². The third-order valence-corrected chi connectivity index (χ3v) is 3.72. The van der Waals surface area contributed by atoms with Crippen LogP contribution < -0.4 is 0 Å². The molecule has 1 amide bonds. The lowest BCUT2D eigenvalue weighted by Crippen LogP contribution is -2.42. The normalized spacial score (nSPS) is 22.7. The number of carbonyl (C=O) groups is 1. The fourth-order valence-corrected chi connectivity index (χ4v) is 2.39. The largest absolute Gasteiger partial charge is 0.338 e. The van der Waals surface area contributed by atoms with Gasteiger partial charge in [-0.05, 0) is 19.3 Å². The zero-order valence-corrected chi connectivity index (χ0v) is 10.9. The third-order valence-electron chi connectivity index (χ3n) is 3.72. The Balaban J connectivity index is 2.03. The van der Waals surface area contributed by atoms with Crippen LogP contribution in [-0.4, -0.2) is 23.9 Å². The fraction of sp³-hybridized carbons (Fsp3) is 0.714. The number of hydrogen-bond acceptors (Lipinski definition) is 2. The second-order valence-electron chi connectivity index (χ2n) is 6.17. The highest BCUT2D eigenvalue weighted by molar-refractivity contribution is 5.81. The van der Waals surface area contributed by atoms with Crippen LogP contribution in [0.15, 0.2) is 11.6 Å². The molecule has 1 aliphatic carbocycles. The molecule has 0 N–H and O–H groups in total. The summed E-state index contributed by atoms with van der Waals surface area (Å²) in [4.78, 5) is 14.0. The van der Waals surface area contributed by atoms with E-state index in [1.165, 1.54) is 5.57 Å². The van der Waals surface area contributed by atoms with E-state index in [2.05, 4.69) is 12.1 Å². The molecule has 0 unspecified atom stereocenters. The molecule has 2 rings (SSSR count). The number of nitriles is 1. The van der Waals surface area contributed by atoms with E-state index in [0.717, 1.165) is 25.8 Å². The van der Waals surface area contributed by atoms with Gasteiger partial charge in [0.25, 0.3) is 0 Å². The molecule has 0 aromatic rings. The number of nitrogens with zero attached hydrogens (tertiary/aromatic N) is 2. The van der Waals surface area contributed by atoms with E-state index in [0.29, 0.717) is 6.54 Å². The van der Waals surface area contributed by atoms with Crippen LogP contribution >= 0.6 is 0 Å². The number of rotatable bonds is 1. The van der Waals surface area contributed by atoms with E-state index >= 15 is 0 Å². The van der Waals surface area contributed by atoms with Crippen LogP contribution in [0, 0.1) is 22.2 Å². The first-order valence-corrected chi connectivity index (χ1v) is 6.29. The molecule has 92 valence electrons. The van der Waals surface area contributed by atoms with Crippen molar-refractivity contribution in [2.24, 2.45) is 10.8 Å². The van der Waals surface area contributed by atoms with Crippen molar-refractivity contribution in [2.45, 2.75) is 40.0 Å². The molecule has 2 aliphatic rings. The van der Waals surface area contributed by atoms with E-state index < -0.39 is 0 Å². The number of amides is 1. The smallest absolute Gasteiger partial charge is 0.228 e. The zero-order valence-electron chi connectivity index (χ0n) is 10.9. The van der Waals surface area contributed by atoms with E-state index in [4.69, 9.17) is 5.26 Å². The second-order valence-corrected chi connectivity index (χ2v) is 6.17. The average Bonchev–Trinajstić information content (AvgIpc) is 3.08. The first kappa shape index (κ1) is 12.2. The standard InChI is InChI=1S/C14H20N2O/c1-13(2,3)12(17)16-8-4-11(5-9-16)14(10-15)6-7-14/h4H,5-9H2,1-3H3. The maximum absolute atomic E-state index is 12.1. The van der Waals surface area contributed by atoms with Crippen LogP contribution in [0.2, 0.25) is 0 Å². The molecule has 0 aromatic carbocycles. The Bertz CT molecular complexity index is 405. The molecule has 0 spiro atoms. The van der Waals surface area contributed by atoms with Crippen molar-refractivity contribution in [1.29, 1.82) is 5.26 Å². The Labute approximate surface area is 103 Å². The van der Waals surface area contributed by atoms with Gasteiger partial charge in [0.1, 0.15) is 0 Å². The number of carbonyl (C=O) groups excluding carboxylic acids is 1. The Kier molecular flexibility index (Phi) is 2.77. The molecular weight excluding hydrogens is 212 g/mol. The Morgan fingerprint density at radius 2 is 2.12 bits per heavy atom. The van der Waals surface area contributed by atoms with Crippen LogP contribution in [0.25, 0.3) is 0 Å². The van der Waals surface area contributed by atoms with Gasteiger partial charge in [-0.1, -0.05) is 32.4 Å². The predicted molar refractivity (Wildman–Crippen MR) is 66.0 cm³/mol. The molecule has 0 bridgehead atoms. The predicted octanol–water partition coefficient (Wildman–Crippen LogP) is 2.49. The lowest BCUT2D eigenvalue weighted by molar-refractivity contribution is -0.139. The molecule has 0 aromatic heterocycles. The van der Waals surface area contributed by atoms with Crippen LogP contribution in [-0.2, 0) is 4.79 Å². The number of hydrogen-bond donors (Lipinski definition) is 0. The van der Waals surface area contributed by atoms with E-state index in [9.17, 15) is 4.79 Å². The summed E-state index contributed by atoms with van der Waals surface area (Å²) < 4.78 is 0. The zero-order chi connectivity index (χ0) is 12.7. The monoisotopic (exact) mass is 232 g/mol. The van der Waals surface area contributed by atoms with Crippen LogP contribution in [0.3, 0.4) is 0 Å². The highest BCUT2D eigenvalue weighted by Crippen LogP contribution is 2.52. The summed E-state index contributed by atoms with van der Waals surface area (Å²) in [5.74, 6) is 0.203. The van der Waals surface area contributed by atoms with E-state index in [1.54, 1.807) is 0 Å². The van der Waals surface area contributed by atoms with Crippen molar-refractivity contribution in [1.82, 2.24) is 4.90 Å². The molecule has 1 fully saturated rings. The summed E-state index contributed by atoms with van der Waals surface area (Å²) in [5.41, 5.74) is 0.798. The minimum Gasteiger partial charge on any atom is -0.338 e. The Morgan fingerprint density at radius 3 is 2.47 bits per heavy atom. The van der Waals surface area contributed by atoms with E-state index in [-0.39, 0.29) is 16.7 Å². The van der Waals surface area contributed by atoms with Crippen molar-refractivity contribution >= 4 is 5.91 Å². The van der Waals surface area contributed by atoms with Gasteiger partial charge in [-0.2, -0.15) is 5.26 Å². The van der Waals surface area contributed by atoms with Crippen molar-refractivity contribution in [2.75, 3.05) is 13.1 Å². The van der Waals surface area contributed by atoms with Gasteiger partial charge in [0, 0.05) is 18.5 Å². The average molecular weight is 232 g/mol. The van der Waals surface area contributed by atoms with Gasteiger partial charge in [-0.25, -0.2) is 0 Å². The molecule has 0 atom stereocenters. The summed E-state index contributed by atoms with van der Waals surface area (Å²) in [5, 5.41) is 9.14. The van der Waals surface area contributed by atoms with Crippen LogP contribution in [0.4, 0.5) is 0 Å². The molecule has 0 saturated heterocycles. The highest BCUT2D eigenvalue weighted by Gasteiger charge is 2.47. The molecule has 1 heterocycles.